The topological polar surface area (TPSA) is 38.8 Å². The number of nitrogens with zero attached hydrogens (tertiary/aromatic N) is 1. The van der Waals surface area contributed by atoms with Crippen LogP contribution < -0.4 is 9.47 Å². The van der Waals surface area contributed by atoms with E-state index in [2.05, 4.69) is 0 Å². The van der Waals surface area contributed by atoms with Crippen LogP contribution in [0.1, 0.15) is 20.3 Å². The molecule has 1 atom stereocenters. The number of para-hydroxylation sites is 2. The molecular formula is C14H19NO3. The van der Waals surface area contributed by atoms with Gasteiger partial charge in [0, 0.05) is 13.0 Å². The molecule has 0 saturated heterocycles. The molecule has 1 aliphatic heterocycles. The molecule has 98 valence electrons. The lowest BCUT2D eigenvalue weighted by Crippen LogP contribution is -2.43. The summed E-state index contributed by atoms with van der Waals surface area (Å²) in [5, 5.41) is 0. The molecule has 4 heteroatoms. The van der Waals surface area contributed by atoms with E-state index >= 15 is 0 Å². The van der Waals surface area contributed by atoms with Gasteiger partial charge in [0.2, 0.25) is 5.91 Å². The van der Waals surface area contributed by atoms with Gasteiger partial charge in [-0.3, -0.25) is 4.79 Å². The van der Waals surface area contributed by atoms with Gasteiger partial charge in [0.1, 0.15) is 6.61 Å². The highest BCUT2D eigenvalue weighted by Gasteiger charge is 2.23. The fourth-order valence-electron chi connectivity index (χ4n) is 2.03. The monoisotopic (exact) mass is 249 g/mol. The average Bonchev–Trinajstić information content (AvgIpc) is 2.43. The van der Waals surface area contributed by atoms with Crippen molar-refractivity contribution in [1.29, 1.82) is 0 Å². The van der Waals surface area contributed by atoms with Crippen molar-refractivity contribution in [3.05, 3.63) is 24.3 Å². The van der Waals surface area contributed by atoms with E-state index in [9.17, 15) is 4.79 Å². The number of rotatable bonds is 4. The fourth-order valence-corrected chi connectivity index (χ4v) is 2.03. The first-order chi connectivity index (χ1) is 8.74. The van der Waals surface area contributed by atoms with Crippen molar-refractivity contribution in [1.82, 2.24) is 4.90 Å². The Hall–Kier alpha value is -1.71. The van der Waals surface area contributed by atoms with Crippen LogP contribution in [0.2, 0.25) is 0 Å². The van der Waals surface area contributed by atoms with Crippen molar-refractivity contribution in [2.75, 3.05) is 19.7 Å². The molecule has 1 amide bonds. The largest absolute Gasteiger partial charge is 0.486 e. The van der Waals surface area contributed by atoms with Crippen molar-refractivity contribution in [2.45, 2.75) is 26.4 Å². The van der Waals surface area contributed by atoms with E-state index in [-0.39, 0.29) is 12.0 Å². The molecule has 0 aromatic heterocycles. The number of fused-ring (bicyclic) bond motifs is 1. The van der Waals surface area contributed by atoms with E-state index in [1.807, 2.05) is 43.0 Å². The maximum atomic E-state index is 11.7. The normalized spacial score (nSPS) is 17.3. The molecule has 0 bridgehead atoms. The Morgan fingerprint density at radius 1 is 1.33 bits per heavy atom. The number of carbonyl (C=O) groups is 1. The zero-order valence-electron chi connectivity index (χ0n) is 10.9. The summed E-state index contributed by atoms with van der Waals surface area (Å²) in [6.07, 6.45) is 0.438. The van der Waals surface area contributed by atoms with Gasteiger partial charge in [0.05, 0.1) is 6.54 Å². The summed E-state index contributed by atoms with van der Waals surface area (Å²) in [5.74, 6) is 1.69. The maximum absolute atomic E-state index is 11.7. The van der Waals surface area contributed by atoms with E-state index in [1.54, 1.807) is 0 Å². The molecule has 2 rings (SSSR count). The number of benzene rings is 1. The first-order valence-electron chi connectivity index (χ1n) is 6.40. The van der Waals surface area contributed by atoms with Crippen molar-refractivity contribution in [3.63, 3.8) is 0 Å². The summed E-state index contributed by atoms with van der Waals surface area (Å²) >= 11 is 0. The minimum Gasteiger partial charge on any atom is -0.486 e. The third-order valence-corrected chi connectivity index (χ3v) is 3.03. The number of hydrogen-bond donors (Lipinski definition) is 0. The molecule has 0 N–H and O–H groups in total. The third-order valence-electron chi connectivity index (χ3n) is 3.03. The van der Waals surface area contributed by atoms with Crippen LogP contribution in [-0.2, 0) is 4.79 Å². The predicted octanol–water partition coefficient (Wildman–Crippen LogP) is 2.08. The first-order valence-corrected chi connectivity index (χ1v) is 6.40. The molecule has 0 saturated carbocycles. The lowest BCUT2D eigenvalue weighted by atomic mass is 10.2. The zero-order chi connectivity index (χ0) is 13.0. The van der Waals surface area contributed by atoms with Crippen molar-refractivity contribution >= 4 is 5.91 Å². The third kappa shape index (κ3) is 2.75. The SMILES string of the molecule is CCC(=O)N(CC)CC1COc2ccccc2O1. The van der Waals surface area contributed by atoms with Gasteiger partial charge in [-0.2, -0.15) is 0 Å². The Balaban J connectivity index is 1.98. The van der Waals surface area contributed by atoms with Gasteiger partial charge < -0.3 is 14.4 Å². The van der Waals surface area contributed by atoms with E-state index in [1.165, 1.54) is 0 Å². The highest BCUT2D eigenvalue weighted by molar-refractivity contribution is 5.75. The van der Waals surface area contributed by atoms with Crippen LogP contribution >= 0.6 is 0 Å². The van der Waals surface area contributed by atoms with Crippen LogP contribution in [0.5, 0.6) is 11.5 Å². The molecule has 0 aliphatic carbocycles. The smallest absolute Gasteiger partial charge is 0.222 e. The summed E-state index contributed by atoms with van der Waals surface area (Å²) in [6, 6.07) is 7.61. The van der Waals surface area contributed by atoms with Gasteiger partial charge in [-0.25, -0.2) is 0 Å². The Kier molecular flexibility index (Phi) is 4.07. The van der Waals surface area contributed by atoms with E-state index in [0.717, 1.165) is 11.5 Å². The second-order valence-electron chi connectivity index (χ2n) is 4.28. The Bertz CT molecular complexity index is 419. The fraction of sp³-hybridized carbons (Fsp3) is 0.500. The minimum atomic E-state index is -0.0876. The summed E-state index contributed by atoms with van der Waals surface area (Å²) < 4.78 is 11.5. The van der Waals surface area contributed by atoms with Gasteiger partial charge in [-0.15, -0.1) is 0 Å². The second-order valence-corrected chi connectivity index (χ2v) is 4.28. The lowest BCUT2D eigenvalue weighted by Gasteiger charge is -2.30. The van der Waals surface area contributed by atoms with Crippen LogP contribution in [0.15, 0.2) is 24.3 Å². The summed E-state index contributed by atoms with van der Waals surface area (Å²) in [7, 11) is 0. The molecule has 1 aromatic rings. The van der Waals surface area contributed by atoms with Crippen molar-refractivity contribution in [2.24, 2.45) is 0 Å². The second kappa shape index (κ2) is 5.76. The molecule has 0 spiro atoms. The molecule has 1 aromatic carbocycles. The molecule has 1 heterocycles. The maximum Gasteiger partial charge on any atom is 0.222 e. The van der Waals surface area contributed by atoms with E-state index in [4.69, 9.17) is 9.47 Å². The number of amides is 1. The number of carbonyl (C=O) groups excluding carboxylic acids is 1. The molecule has 4 nitrogen and oxygen atoms in total. The minimum absolute atomic E-state index is 0.0876. The Morgan fingerprint density at radius 2 is 2.06 bits per heavy atom. The summed E-state index contributed by atoms with van der Waals surface area (Å²) in [4.78, 5) is 13.5. The van der Waals surface area contributed by atoms with Gasteiger partial charge in [-0.05, 0) is 19.1 Å². The summed E-state index contributed by atoms with van der Waals surface area (Å²) in [6.45, 7) is 5.62. The Labute approximate surface area is 107 Å². The molecule has 0 fully saturated rings. The average molecular weight is 249 g/mol. The number of ether oxygens (including phenoxy) is 2. The van der Waals surface area contributed by atoms with Gasteiger partial charge >= 0.3 is 0 Å². The molecule has 1 aliphatic rings. The first kappa shape index (κ1) is 12.7. The zero-order valence-corrected chi connectivity index (χ0v) is 10.9. The van der Waals surface area contributed by atoms with Crippen LogP contribution in [0, 0.1) is 0 Å². The molecule has 0 radical (unpaired) electrons. The molecule has 1 unspecified atom stereocenters. The van der Waals surface area contributed by atoms with E-state index in [0.29, 0.717) is 26.1 Å². The van der Waals surface area contributed by atoms with Gasteiger partial charge in [-0.1, -0.05) is 19.1 Å². The van der Waals surface area contributed by atoms with Gasteiger partial charge in [0.25, 0.3) is 0 Å². The standard InChI is InChI=1S/C14H19NO3/c1-3-14(16)15(4-2)9-11-10-17-12-7-5-6-8-13(12)18-11/h5-8,11H,3-4,9-10H2,1-2H3. The number of hydrogen-bond acceptors (Lipinski definition) is 3. The van der Waals surface area contributed by atoms with Crippen molar-refractivity contribution < 1.29 is 14.3 Å². The molecular weight excluding hydrogens is 230 g/mol. The van der Waals surface area contributed by atoms with Crippen LogP contribution in [0.4, 0.5) is 0 Å². The summed E-state index contributed by atoms with van der Waals surface area (Å²) in [5.41, 5.74) is 0. The Morgan fingerprint density at radius 3 is 2.72 bits per heavy atom. The van der Waals surface area contributed by atoms with Gasteiger partial charge in [0.15, 0.2) is 17.6 Å². The highest BCUT2D eigenvalue weighted by Crippen LogP contribution is 2.30. The molecule has 18 heavy (non-hydrogen) atoms. The lowest BCUT2D eigenvalue weighted by molar-refractivity contribution is -0.132. The number of likely N-dealkylation sites (N-methyl/N-ethyl adjacent to an activating group) is 1. The quantitative estimate of drug-likeness (QED) is 0.820. The van der Waals surface area contributed by atoms with Crippen LogP contribution in [0.3, 0.4) is 0 Å². The van der Waals surface area contributed by atoms with Crippen LogP contribution in [0.25, 0.3) is 0 Å². The van der Waals surface area contributed by atoms with Crippen LogP contribution in [-0.4, -0.2) is 36.6 Å². The van der Waals surface area contributed by atoms with E-state index < -0.39 is 0 Å². The predicted molar refractivity (Wildman–Crippen MR) is 68.9 cm³/mol. The van der Waals surface area contributed by atoms with Crippen molar-refractivity contribution in [3.8, 4) is 11.5 Å². The highest BCUT2D eigenvalue weighted by atomic mass is 16.6.